The van der Waals surface area contributed by atoms with Crippen LogP contribution in [0.15, 0.2) is 18.2 Å². The highest BCUT2D eigenvalue weighted by Crippen LogP contribution is 2.47. The summed E-state index contributed by atoms with van der Waals surface area (Å²) in [5, 5.41) is 9.96. The van der Waals surface area contributed by atoms with Crippen molar-refractivity contribution in [3.8, 4) is 23.0 Å². The van der Waals surface area contributed by atoms with Gasteiger partial charge in [-0.15, -0.1) is 0 Å². The lowest BCUT2D eigenvalue weighted by Gasteiger charge is -2.42. The van der Waals surface area contributed by atoms with E-state index in [1.165, 1.54) is 22.3 Å². The second kappa shape index (κ2) is 6.32. The molecule has 5 rings (SSSR count). The van der Waals surface area contributed by atoms with Crippen LogP contribution in [0.1, 0.15) is 33.9 Å². The molecule has 0 spiro atoms. The van der Waals surface area contributed by atoms with Crippen LogP contribution in [0.4, 0.5) is 0 Å². The molecule has 0 unspecified atom stereocenters. The molecule has 2 aromatic carbocycles. The number of aliphatic hydroxyl groups excluding tert-OH is 1. The molecular formula is C21H23NO5. The minimum absolute atomic E-state index is 0.0303. The van der Waals surface area contributed by atoms with Crippen molar-refractivity contribution >= 4 is 0 Å². The molecule has 0 bridgehead atoms. The number of hydrogen-bond donors (Lipinski definition) is 1. The van der Waals surface area contributed by atoms with Crippen molar-refractivity contribution in [1.29, 1.82) is 0 Å². The van der Waals surface area contributed by atoms with Crippen LogP contribution >= 0.6 is 0 Å². The summed E-state index contributed by atoms with van der Waals surface area (Å²) in [6, 6.07) is 6.36. The first kappa shape index (κ1) is 16.7. The third-order valence-electron chi connectivity index (χ3n) is 6.02. The Kier molecular flexibility index (Phi) is 3.91. The fourth-order valence-corrected chi connectivity index (χ4v) is 4.72. The van der Waals surface area contributed by atoms with E-state index in [0.29, 0.717) is 12.5 Å². The van der Waals surface area contributed by atoms with E-state index in [0.717, 1.165) is 48.7 Å². The van der Waals surface area contributed by atoms with Crippen LogP contribution in [-0.4, -0.2) is 37.6 Å². The van der Waals surface area contributed by atoms with E-state index in [1.54, 1.807) is 14.2 Å². The zero-order valence-electron chi connectivity index (χ0n) is 15.6. The lowest BCUT2D eigenvalue weighted by molar-refractivity contribution is 0.155. The van der Waals surface area contributed by atoms with Crippen LogP contribution in [0.5, 0.6) is 23.0 Å². The normalized spacial score (nSPS) is 19.9. The number of aliphatic hydroxyl groups is 1. The molecule has 1 atom stereocenters. The van der Waals surface area contributed by atoms with Crippen LogP contribution in [-0.2, 0) is 26.0 Å². The Labute approximate surface area is 158 Å². The molecule has 6 nitrogen and oxygen atoms in total. The average Bonchev–Trinajstić information content (AvgIpc) is 3.15. The highest BCUT2D eigenvalue weighted by Gasteiger charge is 2.37. The predicted octanol–water partition coefficient (Wildman–Crippen LogP) is 2.58. The van der Waals surface area contributed by atoms with E-state index in [9.17, 15) is 5.11 Å². The molecule has 0 aliphatic carbocycles. The van der Waals surface area contributed by atoms with Gasteiger partial charge in [0.15, 0.2) is 11.5 Å². The van der Waals surface area contributed by atoms with Crippen LogP contribution in [0, 0.1) is 0 Å². The lowest BCUT2D eigenvalue weighted by atomic mass is 9.81. The number of benzene rings is 2. The van der Waals surface area contributed by atoms with Gasteiger partial charge in [0, 0.05) is 36.3 Å². The molecule has 27 heavy (non-hydrogen) atoms. The van der Waals surface area contributed by atoms with Crippen LogP contribution in [0.3, 0.4) is 0 Å². The zero-order chi connectivity index (χ0) is 18.5. The summed E-state index contributed by atoms with van der Waals surface area (Å²) in [5.41, 5.74) is 5.81. The molecule has 0 saturated heterocycles. The molecule has 3 aliphatic rings. The van der Waals surface area contributed by atoms with E-state index in [-0.39, 0.29) is 12.6 Å². The Morgan fingerprint density at radius 2 is 1.81 bits per heavy atom. The summed E-state index contributed by atoms with van der Waals surface area (Å²) in [6.45, 7) is 2.08. The van der Waals surface area contributed by atoms with Gasteiger partial charge in [0.2, 0.25) is 6.79 Å². The highest BCUT2D eigenvalue weighted by molar-refractivity contribution is 5.57. The SMILES string of the molecule is COc1cc(OC)c2c(c1CO)CCN1Cc3cc4c(cc3C[C@@H]21)OCO4. The molecule has 0 amide bonds. The first-order chi connectivity index (χ1) is 13.2. The molecule has 1 N–H and O–H groups in total. The third-order valence-corrected chi connectivity index (χ3v) is 6.02. The zero-order valence-corrected chi connectivity index (χ0v) is 15.6. The van der Waals surface area contributed by atoms with Crippen molar-refractivity contribution < 1.29 is 24.1 Å². The standard InChI is InChI=1S/C21H23NO5/c1-24-17-8-20(25-2)21-14(15(17)10-23)3-4-22-9-13-7-19-18(26-11-27-19)6-12(13)5-16(21)22/h6-8,16,23H,3-5,9-11H2,1-2H3/t16-/m0/s1. The van der Waals surface area contributed by atoms with Gasteiger partial charge in [-0.25, -0.2) is 0 Å². The van der Waals surface area contributed by atoms with E-state index in [2.05, 4.69) is 17.0 Å². The third kappa shape index (κ3) is 2.47. The molecule has 0 radical (unpaired) electrons. The molecule has 6 heteroatoms. The highest BCUT2D eigenvalue weighted by atomic mass is 16.7. The van der Waals surface area contributed by atoms with Gasteiger partial charge in [-0.3, -0.25) is 4.90 Å². The van der Waals surface area contributed by atoms with E-state index in [4.69, 9.17) is 18.9 Å². The Morgan fingerprint density at radius 3 is 2.52 bits per heavy atom. The Balaban J connectivity index is 1.62. The first-order valence-corrected chi connectivity index (χ1v) is 9.26. The average molecular weight is 369 g/mol. The largest absolute Gasteiger partial charge is 0.496 e. The van der Waals surface area contributed by atoms with Crippen molar-refractivity contribution in [3.05, 3.63) is 46.0 Å². The molecule has 2 aromatic rings. The molecule has 142 valence electrons. The second-order valence-electron chi connectivity index (χ2n) is 7.22. The first-order valence-electron chi connectivity index (χ1n) is 9.26. The van der Waals surface area contributed by atoms with Gasteiger partial charge >= 0.3 is 0 Å². The van der Waals surface area contributed by atoms with Gasteiger partial charge in [0.1, 0.15) is 11.5 Å². The summed E-state index contributed by atoms with van der Waals surface area (Å²) < 4.78 is 22.4. The number of rotatable bonds is 3. The van der Waals surface area contributed by atoms with Crippen LogP contribution < -0.4 is 18.9 Å². The summed E-state index contributed by atoms with van der Waals surface area (Å²) >= 11 is 0. The Morgan fingerprint density at radius 1 is 1.07 bits per heavy atom. The summed E-state index contributed by atoms with van der Waals surface area (Å²) in [4.78, 5) is 2.49. The molecule has 3 heterocycles. The lowest BCUT2D eigenvalue weighted by Crippen LogP contribution is -2.40. The summed E-state index contributed by atoms with van der Waals surface area (Å²) in [5.74, 6) is 3.20. The number of nitrogens with zero attached hydrogens (tertiary/aromatic N) is 1. The minimum Gasteiger partial charge on any atom is -0.496 e. The van der Waals surface area contributed by atoms with E-state index >= 15 is 0 Å². The minimum atomic E-state index is -0.0303. The number of hydrogen-bond acceptors (Lipinski definition) is 6. The topological polar surface area (TPSA) is 60.4 Å². The quantitative estimate of drug-likeness (QED) is 0.897. The molecular weight excluding hydrogens is 346 g/mol. The molecule has 0 saturated carbocycles. The summed E-state index contributed by atoms with van der Waals surface area (Å²) in [7, 11) is 3.33. The number of fused-ring (bicyclic) bond motifs is 5. The van der Waals surface area contributed by atoms with Crippen molar-refractivity contribution in [2.75, 3.05) is 27.6 Å². The van der Waals surface area contributed by atoms with Gasteiger partial charge in [-0.2, -0.15) is 0 Å². The van der Waals surface area contributed by atoms with Crippen LogP contribution in [0.25, 0.3) is 0 Å². The Hall–Kier alpha value is -2.44. The van der Waals surface area contributed by atoms with Gasteiger partial charge in [0.25, 0.3) is 0 Å². The smallest absolute Gasteiger partial charge is 0.231 e. The van der Waals surface area contributed by atoms with Gasteiger partial charge in [-0.05, 0) is 41.7 Å². The van der Waals surface area contributed by atoms with Gasteiger partial charge in [0.05, 0.1) is 20.8 Å². The second-order valence-corrected chi connectivity index (χ2v) is 7.22. The maximum Gasteiger partial charge on any atom is 0.231 e. The maximum absolute atomic E-state index is 9.96. The molecule has 0 fully saturated rings. The number of methoxy groups -OCH3 is 2. The summed E-state index contributed by atoms with van der Waals surface area (Å²) in [6.07, 6.45) is 1.75. The van der Waals surface area contributed by atoms with Crippen LogP contribution in [0.2, 0.25) is 0 Å². The van der Waals surface area contributed by atoms with E-state index < -0.39 is 0 Å². The number of ether oxygens (including phenoxy) is 4. The maximum atomic E-state index is 9.96. The van der Waals surface area contributed by atoms with Crippen molar-refractivity contribution in [2.24, 2.45) is 0 Å². The fourth-order valence-electron chi connectivity index (χ4n) is 4.72. The monoisotopic (exact) mass is 369 g/mol. The fraction of sp³-hybridized carbons (Fsp3) is 0.429. The van der Waals surface area contributed by atoms with Crippen molar-refractivity contribution in [3.63, 3.8) is 0 Å². The van der Waals surface area contributed by atoms with Crippen molar-refractivity contribution in [1.82, 2.24) is 4.90 Å². The Bertz CT molecular complexity index is 910. The van der Waals surface area contributed by atoms with E-state index in [1.807, 2.05) is 6.07 Å². The van der Waals surface area contributed by atoms with Crippen molar-refractivity contribution in [2.45, 2.75) is 32.0 Å². The predicted molar refractivity (Wildman–Crippen MR) is 98.6 cm³/mol. The molecule has 3 aliphatic heterocycles. The van der Waals surface area contributed by atoms with Gasteiger partial charge in [-0.1, -0.05) is 0 Å². The molecule has 0 aromatic heterocycles. The van der Waals surface area contributed by atoms with Gasteiger partial charge < -0.3 is 24.1 Å².